The van der Waals surface area contributed by atoms with E-state index >= 15 is 0 Å². The van der Waals surface area contributed by atoms with Gasteiger partial charge in [-0.25, -0.2) is 0 Å². The van der Waals surface area contributed by atoms with Crippen molar-refractivity contribution < 1.29 is 9.59 Å². The summed E-state index contributed by atoms with van der Waals surface area (Å²) < 4.78 is 0. The predicted octanol–water partition coefficient (Wildman–Crippen LogP) is 2.87. The summed E-state index contributed by atoms with van der Waals surface area (Å²) in [5, 5.41) is 6.53. The molecule has 6 heteroatoms. The number of hydrogen-bond acceptors (Lipinski definition) is 4. The van der Waals surface area contributed by atoms with E-state index in [2.05, 4.69) is 20.6 Å². The van der Waals surface area contributed by atoms with Gasteiger partial charge in [0.25, 0.3) is 5.91 Å². The fourth-order valence-corrected chi connectivity index (χ4v) is 2.66. The molecule has 2 N–H and O–H groups in total. The Balaban J connectivity index is 1.83. The number of nitrogens with one attached hydrogen (secondary N) is 2. The quantitative estimate of drug-likeness (QED) is 0.706. The van der Waals surface area contributed by atoms with Gasteiger partial charge in [0, 0.05) is 29.9 Å². The number of carbonyl (C=O) groups excluding carboxylic acids is 2. The molecule has 0 bridgehead atoms. The molecule has 2 aromatic heterocycles. The highest BCUT2D eigenvalue weighted by Crippen LogP contribution is 2.16. The molecule has 2 heterocycles. The SMILES string of the molecule is CC(C)CNC(=O)C(NC(=O)c1ccc2ncccc2c1)c1ccccn1. The van der Waals surface area contributed by atoms with Gasteiger partial charge in [0.15, 0.2) is 6.04 Å². The van der Waals surface area contributed by atoms with Gasteiger partial charge in [-0.05, 0) is 42.3 Å². The molecular weight excluding hydrogens is 340 g/mol. The van der Waals surface area contributed by atoms with Crippen LogP contribution in [0.15, 0.2) is 60.9 Å². The monoisotopic (exact) mass is 362 g/mol. The maximum Gasteiger partial charge on any atom is 0.252 e. The van der Waals surface area contributed by atoms with E-state index in [1.165, 1.54) is 0 Å². The van der Waals surface area contributed by atoms with Crippen molar-refractivity contribution in [2.45, 2.75) is 19.9 Å². The van der Waals surface area contributed by atoms with Crippen LogP contribution in [-0.4, -0.2) is 28.3 Å². The molecule has 138 valence electrons. The highest BCUT2D eigenvalue weighted by atomic mass is 16.2. The van der Waals surface area contributed by atoms with E-state index < -0.39 is 6.04 Å². The summed E-state index contributed by atoms with van der Waals surface area (Å²) in [6, 6.07) is 13.4. The molecule has 6 nitrogen and oxygen atoms in total. The van der Waals surface area contributed by atoms with E-state index in [0.29, 0.717) is 23.7 Å². The van der Waals surface area contributed by atoms with Crippen LogP contribution in [-0.2, 0) is 4.79 Å². The fourth-order valence-electron chi connectivity index (χ4n) is 2.66. The number of benzene rings is 1. The zero-order valence-electron chi connectivity index (χ0n) is 15.3. The molecule has 0 saturated carbocycles. The molecular formula is C21H22N4O2. The minimum absolute atomic E-state index is 0.279. The van der Waals surface area contributed by atoms with Gasteiger partial charge in [-0.2, -0.15) is 0 Å². The van der Waals surface area contributed by atoms with E-state index in [0.717, 1.165) is 10.9 Å². The number of nitrogens with zero attached hydrogens (tertiary/aromatic N) is 2. The Bertz CT molecular complexity index is 941. The maximum atomic E-state index is 12.8. The van der Waals surface area contributed by atoms with Crippen molar-refractivity contribution in [2.75, 3.05) is 6.54 Å². The number of amides is 2. The first-order valence-electron chi connectivity index (χ1n) is 8.89. The smallest absolute Gasteiger partial charge is 0.252 e. The second kappa shape index (κ2) is 8.40. The van der Waals surface area contributed by atoms with Crippen LogP contribution in [0.25, 0.3) is 10.9 Å². The summed E-state index contributed by atoms with van der Waals surface area (Å²) in [6.45, 7) is 4.55. The molecule has 0 aliphatic carbocycles. The van der Waals surface area contributed by atoms with Crippen LogP contribution in [0.4, 0.5) is 0 Å². The molecule has 3 aromatic rings. The van der Waals surface area contributed by atoms with Gasteiger partial charge >= 0.3 is 0 Å². The highest BCUT2D eigenvalue weighted by molar-refractivity contribution is 6.00. The average molecular weight is 362 g/mol. The first-order chi connectivity index (χ1) is 13.0. The lowest BCUT2D eigenvalue weighted by Gasteiger charge is -2.19. The van der Waals surface area contributed by atoms with Crippen molar-refractivity contribution in [3.05, 3.63) is 72.2 Å². The number of pyridine rings is 2. The van der Waals surface area contributed by atoms with Crippen LogP contribution < -0.4 is 10.6 Å². The van der Waals surface area contributed by atoms with E-state index in [-0.39, 0.29) is 11.8 Å². The molecule has 0 radical (unpaired) electrons. The van der Waals surface area contributed by atoms with E-state index in [9.17, 15) is 9.59 Å². The largest absolute Gasteiger partial charge is 0.354 e. The lowest BCUT2D eigenvalue weighted by atomic mass is 10.1. The molecule has 1 atom stereocenters. The Hall–Kier alpha value is -3.28. The van der Waals surface area contributed by atoms with Crippen molar-refractivity contribution >= 4 is 22.7 Å². The van der Waals surface area contributed by atoms with Crippen molar-refractivity contribution in [1.82, 2.24) is 20.6 Å². The fraction of sp³-hybridized carbons (Fsp3) is 0.238. The number of aromatic nitrogens is 2. The summed E-state index contributed by atoms with van der Waals surface area (Å²) in [5.41, 5.74) is 1.77. The Morgan fingerprint density at radius 1 is 1.00 bits per heavy atom. The Morgan fingerprint density at radius 3 is 2.56 bits per heavy atom. The van der Waals surface area contributed by atoms with Crippen LogP contribution in [0, 0.1) is 5.92 Å². The zero-order chi connectivity index (χ0) is 19.2. The number of hydrogen-bond donors (Lipinski definition) is 2. The highest BCUT2D eigenvalue weighted by Gasteiger charge is 2.24. The number of rotatable bonds is 6. The van der Waals surface area contributed by atoms with Gasteiger partial charge in [-0.1, -0.05) is 26.0 Å². The third-order valence-electron chi connectivity index (χ3n) is 4.07. The molecule has 1 aromatic carbocycles. The summed E-state index contributed by atoms with van der Waals surface area (Å²) in [6.07, 6.45) is 3.31. The molecule has 0 aliphatic rings. The molecule has 1 unspecified atom stereocenters. The topological polar surface area (TPSA) is 84.0 Å². The molecule has 0 saturated heterocycles. The zero-order valence-corrected chi connectivity index (χ0v) is 15.3. The van der Waals surface area contributed by atoms with Crippen LogP contribution in [0.5, 0.6) is 0 Å². The van der Waals surface area contributed by atoms with Gasteiger partial charge < -0.3 is 10.6 Å². The Labute approximate surface area is 158 Å². The standard InChI is InChI=1S/C21H22N4O2/c1-14(2)13-24-21(27)19(18-7-3-4-10-23-18)25-20(26)16-8-9-17-15(12-16)6-5-11-22-17/h3-12,14,19H,13H2,1-2H3,(H,24,27)(H,25,26). The third kappa shape index (κ3) is 4.67. The van der Waals surface area contributed by atoms with Crippen LogP contribution in [0.1, 0.15) is 35.9 Å². The van der Waals surface area contributed by atoms with E-state index in [4.69, 9.17) is 0 Å². The minimum atomic E-state index is -0.859. The van der Waals surface area contributed by atoms with Crippen molar-refractivity contribution in [3.8, 4) is 0 Å². The molecule has 0 fully saturated rings. The molecule has 2 amide bonds. The second-order valence-corrected chi connectivity index (χ2v) is 6.71. The van der Waals surface area contributed by atoms with Crippen LogP contribution in [0.2, 0.25) is 0 Å². The van der Waals surface area contributed by atoms with Crippen LogP contribution in [0.3, 0.4) is 0 Å². The van der Waals surface area contributed by atoms with Gasteiger partial charge in [0.05, 0.1) is 11.2 Å². The third-order valence-corrected chi connectivity index (χ3v) is 4.07. The normalized spacial score (nSPS) is 12.0. The second-order valence-electron chi connectivity index (χ2n) is 6.71. The van der Waals surface area contributed by atoms with Gasteiger partial charge in [0.1, 0.15) is 0 Å². The lowest BCUT2D eigenvalue weighted by Crippen LogP contribution is -2.41. The Morgan fingerprint density at radius 2 is 1.81 bits per heavy atom. The lowest BCUT2D eigenvalue weighted by molar-refractivity contribution is -0.123. The summed E-state index contributed by atoms with van der Waals surface area (Å²) in [5.74, 6) is -0.309. The van der Waals surface area contributed by atoms with Gasteiger partial charge in [0.2, 0.25) is 5.91 Å². The summed E-state index contributed by atoms with van der Waals surface area (Å²) in [4.78, 5) is 33.9. The van der Waals surface area contributed by atoms with Crippen molar-refractivity contribution in [1.29, 1.82) is 0 Å². The molecule has 27 heavy (non-hydrogen) atoms. The summed E-state index contributed by atoms with van der Waals surface area (Å²) in [7, 11) is 0. The van der Waals surface area contributed by atoms with E-state index in [1.54, 1.807) is 48.8 Å². The maximum absolute atomic E-state index is 12.8. The summed E-state index contributed by atoms with van der Waals surface area (Å²) >= 11 is 0. The first kappa shape index (κ1) is 18.5. The Kier molecular flexibility index (Phi) is 5.76. The first-order valence-corrected chi connectivity index (χ1v) is 8.89. The van der Waals surface area contributed by atoms with Crippen molar-refractivity contribution in [2.24, 2.45) is 5.92 Å². The van der Waals surface area contributed by atoms with E-state index in [1.807, 2.05) is 26.0 Å². The predicted molar refractivity (Wildman–Crippen MR) is 104 cm³/mol. The average Bonchev–Trinajstić information content (AvgIpc) is 2.70. The molecule has 0 spiro atoms. The molecule has 0 aliphatic heterocycles. The van der Waals surface area contributed by atoms with Crippen LogP contribution >= 0.6 is 0 Å². The molecule has 3 rings (SSSR count). The van der Waals surface area contributed by atoms with Gasteiger partial charge in [-0.15, -0.1) is 0 Å². The minimum Gasteiger partial charge on any atom is -0.354 e. The van der Waals surface area contributed by atoms with Gasteiger partial charge in [-0.3, -0.25) is 19.6 Å². The number of carbonyl (C=O) groups is 2. The number of fused-ring (bicyclic) bond motifs is 1. The van der Waals surface area contributed by atoms with Crippen molar-refractivity contribution in [3.63, 3.8) is 0 Å².